The normalized spacial score (nSPS) is 11.8. The van der Waals surface area contributed by atoms with Gasteiger partial charge in [-0.3, -0.25) is 4.79 Å². The number of amides is 3. The highest BCUT2D eigenvalue weighted by Gasteiger charge is 2.29. The largest absolute Gasteiger partial charge is 0.449 e. The molecule has 3 N–H and O–H groups in total. The van der Waals surface area contributed by atoms with Crippen molar-refractivity contribution in [2.75, 3.05) is 86.2 Å². The number of benzene rings is 2. The number of carbonyl (C=O) groups is 3. The number of alkyl carbamates (subject to hydrolysis) is 2. The quantitative estimate of drug-likeness (QED) is 0.215. The van der Waals surface area contributed by atoms with Crippen molar-refractivity contribution in [2.45, 2.75) is 5.92 Å². The van der Waals surface area contributed by atoms with Crippen LogP contribution in [0.4, 0.5) is 9.59 Å². The van der Waals surface area contributed by atoms with Crippen molar-refractivity contribution in [3.8, 4) is 11.1 Å². The summed E-state index contributed by atoms with van der Waals surface area (Å²) in [5.74, 6) is -0.373. The molecular formula is C29H39N3O9. The van der Waals surface area contributed by atoms with E-state index in [2.05, 4.69) is 28.1 Å². The van der Waals surface area contributed by atoms with E-state index in [1.54, 1.807) is 0 Å². The molecule has 0 saturated carbocycles. The fourth-order valence-electron chi connectivity index (χ4n) is 4.15. The minimum Gasteiger partial charge on any atom is -0.449 e. The van der Waals surface area contributed by atoms with Gasteiger partial charge in [-0.15, -0.1) is 0 Å². The van der Waals surface area contributed by atoms with Crippen LogP contribution in [-0.2, 0) is 33.2 Å². The van der Waals surface area contributed by atoms with E-state index in [0.717, 1.165) is 22.3 Å². The number of fused-ring (bicyclic) bond motifs is 3. The minimum absolute atomic E-state index is 0.0378. The average Bonchev–Trinajstić information content (AvgIpc) is 3.32. The maximum atomic E-state index is 12.2. The summed E-state index contributed by atoms with van der Waals surface area (Å²) in [5, 5.41) is 7.51. The second-order valence-electron chi connectivity index (χ2n) is 8.86. The van der Waals surface area contributed by atoms with Crippen LogP contribution in [0.3, 0.4) is 0 Å². The van der Waals surface area contributed by atoms with Crippen LogP contribution in [-0.4, -0.2) is 104 Å². The first-order valence-electron chi connectivity index (χ1n) is 13.6. The van der Waals surface area contributed by atoms with Gasteiger partial charge < -0.3 is 44.4 Å². The Bertz CT molecular complexity index is 1050. The molecule has 0 unspecified atom stereocenters. The summed E-state index contributed by atoms with van der Waals surface area (Å²) in [4.78, 5) is 35.0. The summed E-state index contributed by atoms with van der Waals surface area (Å²) < 4.78 is 31.7. The van der Waals surface area contributed by atoms with Crippen molar-refractivity contribution in [1.29, 1.82) is 0 Å². The Kier molecular flexibility index (Phi) is 14.4. The molecule has 0 atom stereocenters. The van der Waals surface area contributed by atoms with Crippen LogP contribution in [0, 0.1) is 0 Å². The van der Waals surface area contributed by atoms with Crippen molar-refractivity contribution >= 4 is 18.1 Å². The Labute approximate surface area is 240 Å². The summed E-state index contributed by atoms with van der Waals surface area (Å²) in [6.07, 6.45) is -1.13. The molecule has 2 aromatic rings. The van der Waals surface area contributed by atoms with Crippen molar-refractivity contribution in [2.24, 2.45) is 0 Å². The van der Waals surface area contributed by atoms with Gasteiger partial charge in [0.15, 0.2) is 0 Å². The summed E-state index contributed by atoms with van der Waals surface area (Å²) in [6, 6.07) is 16.2. The SMILES string of the molecule is CNC(=O)OCCOCCOCCOCCOCCNC(=O)CNC(=O)OCC1c2ccccc2-c2ccccc21. The standard InChI is InChI=1S/C29H39N3O9/c1-30-28(34)40-19-18-39-17-16-38-15-14-37-13-12-36-11-10-31-27(33)20-32-29(35)41-21-26-24-8-4-2-6-22(24)23-7-3-5-9-25(23)26/h2-9,26H,10-21H2,1H3,(H,30,34)(H,31,33)(H,32,35). The molecule has 12 heteroatoms. The zero-order chi connectivity index (χ0) is 29.1. The number of rotatable bonds is 19. The van der Waals surface area contributed by atoms with Gasteiger partial charge in [0.1, 0.15) is 13.2 Å². The second-order valence-corrected chi connectivity index (χ2v) is 8.86. The van der Waals surface area contributed by atoms with Crippen LogP contribution in [0.25, 0.3) is 11.1 Å². The third-order valence-electron chi connectivity index (χ3n) is 6.09. The molecule has 0 aromatic heterocycles. The lowest BCUT2D eigenvalue weighted by Gasteiger charge is -2.14. The first-order valence-corrected chi connectivity index (χ1v) is 13.6. The molecule has 12 nitrogen and oxygen atoms in total. The Morgan fingerprint density at radius 1 is 0.634 bits per heavy atom. The van der Waals surface area contributed by atoms with Gasteiger partial charge in [0.05, 0.1) is 59.4 Å². The topological polar surface area (TPSA) is 143 Å². The lowest BCUT2D eigenvalue weighted by atomic mass is 9.98. The zero-order valence-corrected chi connectivity index (χ0v) is 23.4. The van der Waals surface area contributed by atoms with E-state index >= 15 is 0 Å². The maximum absolute atomic E-state index is 12.2. The molecule has 3 amide bonds. The van der Waals surface area contributed by atoms with Crippen LogP contribution >= 0.6 is 0 Å². The molecular weight excluding hydrogens is 534 g/mol. The number of hydrogen-bond acceptors (Lipinski definition) is 9. The Hall–Kier alpha value is -3.71. The van der Waals surface area contributed by atoms with Crippen molar-refractivity contribution in [3.63, 3.8) is 0 Å². The maximum Gasteiger partial charge on any atom is 0.407 e. The summed E-state index contributed by atoms with van der Waals surface area (Å²) in [7, 11) is 1.49. The molecule has 1 aliphatic rings. The smallest absolute Gasteiger partial charge is 0.407 e. The minimum atomic E-state index is -0.639. The van der Waals surface area contributed by atoms with Crippen molar-refractivity contribution < 1.29 is 42.8 Å². The molecule has 0 radical (unpaired) electrons. The van der Waals surface area contributed by atoms with Crippen LogP contribution in [0.1, 0.15) is 17.0 Å². The monoisotopic (exact) mass is 573 g/mol. The molecule has 2 aromatic carbocycles. The molecule has 0 aliphatic heterocycles. The van der Waals surface area contributed by atoms with Gasteiger partial charge in [-0.05, 0) is 22.3 Å². The molecule has 0 spiro atoms. The van der Waals surface area contributed by atoms with Gasteiger partial charge in [0.2, 0.25) is 5.91 Å². The van der Waals surface area contributed by atoms with Crippen LogP contribution in [0.15, 0.2) is 48.5 Å². The lowest BCUT2D eigenvalue weighted by molar-refractivity contribution is -0.120. The molecule has 41 heavy (non-hydrogen) atoms. The highest BCUT2D eigenvalue weighted by Crippen LogP contribution is 2.44. The molecule has 0 heterocycles. The third kappa shape index (κ3) is 11.4. The molecule has 3 rings (SSSR count). The van der Waals surface area contributed by atoms with Crippen LogP contribution in [0.5, 0.6) is 0 Å². The van der Waals surface area contributed by atoms with E-state index in [9.17, 15) is 14.4 Å². The summed E-state index contributed by atoms with van der Waals surface area (Å²) >= 11 is 0. The highest BCUT2D eigenvalue weighted by atomic mass is 16.6. The summed E-state index contributed by atoms with van der Waals surface area (Å²) in [6.45, 7) is 3.54. The summed E-state index contributed by atoms with van der Waals surface area (Å²) in [5.41, 5.74) is 4.56. The van der Waals surface area contributed by atoms with E-state index in [1.807, 2.05) is 36.4 Å². The van der Waals surface area contributed by atoms with Gasteiger partial charge in [-0.25, -0.2) is 9.59 Å². The van der Waals surface area contributed by atoms with Gasteiger partial charge in [-0.1, -0.05) is 48.5 Å². The fraction of sp³-hybridized carbons (Fsp3) is 0.483. The number of nitrogens with one attached hydrogen (secondary N) is 3. The zero-order valence-electron chi connectivity index (χ0n) is 23.4. The predicted molar refractivity (Wildman–Crippen MR) is 150 cm³/mol. The molecule has 224 valence electrons. The average molecular weight is 574 g/mol. The molecule has 0 saturated heterocycles. The molecule has 0 bridgehead atoms. The van der Waals surface area contributed by atoms with Gasteiger partial charge >= 0.3 is 12.2 Å². The second kappa shape index (κ2) is 18.6. The Balaban J connectivity index is 1.12. The predicted octanol–water partition coefficient (Wildman–Crippen LogP) is 2.06. The van der Waals surface area contributed by atoms with Gasteiger partial charge in [0.25, 0.3) is 0 Å². The first kappa shape index (κ1) is 31.8. The van der Waals surface area contributed by atoms with Gasteiger partial charge in [-0.2, -0.15) is 0 Å². The van der Waals surface area contributed by atoms with Crippen LogP contribution < -0.4 is 16.0 Å². The van der Waals surface area contributed by atoms with Crippen molar-refractivity contribution in [3.05, 3.63) is 59.7 Å². The van der Waals surface area contributed by atoms with E-state index in [-0.39, 0.29) is 31.6 Å². The number of hydrogen-bond donors (Lipinski definition) is 3. The van der Waals surface area contributed by atoms with E-state index in [0.29, 0.717) is 59.4 Å². The van der Waals surface area contributed by atoms with E-state index in [4.69, 9.17) is 28.4 Å². The van der Waals surface area contributed by atoms with Crippen molar-refractivity contribution in [1.82, 2.24) is 16.0 Å². The lowest BCUT2D eigenvalue weighted by Crippen LogP contribution is -2.38. The number of ether oxygens (including phenoxy) is 6. The first-order chi connectivity index (χ1) is 20.1. The van der Waals surface area contributed by atoms with Gasteiger partial charge in [0, 0.05) is 19.5 Å². The molecule has 1 aliphatic carbocycles. The number of carbonyl (C=O) groups excluding carboxylic acids is 3. The van der Waals surface area contributed by atoms with E-state index in [1.165, 1.54) is 7.05 Å². The third-order valence-corrected chi connectivity index (χ3v) is 6.09. The molecule has 0 fully saturated rings. The Morgan fingerprint density at radius 3 is 1.71 bits per heavy atom. The van der Waals surface area contributed by atoms with E-state index < -0.39 is 12.2 Å². The Morgan fingerprint density at radius 2 is 1.15 bits per heavy atom. The highest BCUT2D eigenvalue weighted by molar-refractivity contribution is 5.82. The fourth-order valence-corrected chi connectivity index (χ4v) is 4.15. The van der Waals surface area contributed by atoms with Crippen LogP contribution in [0.2, 0.25) is 0 Å².